The maximum Gasteiger partial charge on any atom is 0.216 e. The number of hydrogen-bond acceptors (Lipinski definition) is 2. The van der Waals surface area contributed by atoms with Gasteiger partial charge in [0.15, 0.2) is 0 Å². The number of aliphatic imine (C=N–C) groups is 2. The van der Waals surface area contributed by atoms with Gasteiger partial charge < -0.3 is 18.5 Å². The molecule has 2 heterocycles. The summed E-state index contributed by atoms with van der Waals surface area (Å²) < 4.78 is 0. The van der Waals surface area contributed by atoms with Crippen LogP contribution in [0.1, 0.15) is 6.92 Å². The van der Waals surface area contributed by atoms with Crippen molar-refractivity contribution in [3.8, 4) is 0 Å². The molecular weight excluding hydrogens is 199 g/mol. The first kappa shape index (κ1) is 10.6. The van der Waals surface area contributed by atoms with E-state index in [1.54, 1.807) is 0 Å². The minimum Gasteiger partial charge on any atom is -0.502 e. The van der Waals surface area contributed by atoms with Crippen LogP contribution < -0.4 is 0 Å². The summed E-state index contributed by atoms with van der Waals surface area (Å²) in [6.45, 7) is 1.97. The second-order valence-corrected chi connectivity index (χ2v) is 2.07. The molecule has 1 spiro atoms. The molecule has 2 aliphatic rings. The Kier molecular flexibility index (Phi) is 3.50. The molecule has 0 N–H and O–H groups in total. The van der Waals surface area contributed by atoms with Crippen molar-refractivity contribution in [2.24, 2.45) is 9.98 Å². The van der Waals surface area contributed by atoms with Gasteiger partial charge in [0, 0.05) is 38.2 Å². The minimum absolute atomic E-state index is 0. The molecular formula is C5H6B2N2Y-2. The zero-order valence-corrected chi connectivity index (χ0v) is 8.96. The number of rotatable bonds is 0. The summed E-state index contributed by atoms with van der Waals surface area (Å²) in [6.07, 6.45) is 2.69. The summed E-state index contributed by atoms with van der Waals surface area (Å²) in [6, 6.07) is 0. The summed E-state index contributed by atoms with van der Waals surface area (Å²) in [7, 11) is 3.88. The van der Waals surface area contributed by atoms with Gasteiger partial charge in [-0.1, -0.05) is 0 Å². The van der Waals surface area contributed by atoms with Crippen molar-refractivity contribution in [2.45, 2.75) is 12.4 Å². The van der Waals surface area contributed by atoms with Crippen LogP contribution >= 0.6 is 0 Å². The second-order valence-electron chi connectivity index (χ2n) is 2.07. The molecule has 2 rings (SSSR count). The smallest absolute Gasteiger partial charge is 0.216 e. The Balaban J connectivity index is 0.000000405. The third-order valence-electron chi connectivity index (χ3n) is 1.30. The molecule has 0 saturated carbocycles. The molecule has 2 nitrogen and oxygen atoms in total. The van der Waals surface area contributed by atoms with E-state index in [0.29, 0.717) is 0 Å². The molecule has 0 aliphatic carbocycles. The van der Waals surface area contributed by atoms with Crippen LogP contribution in [0.4, 0.5) is 0 Å². The van der Waals surface area contributed by atoms with E-state index in [-0.39, 0.29) is 45.6 Å². The molecule has 0 aromatic heterocycles. The first-order chi connectivity index (χ1) is 3.81. The van der Waals surface area contributed by atoms with Crippen LogP contribution in [0.2, 0.25) is 0 Å². The zero-order chi connectivity index (χ0) is 5.61. The summed E-state index contributed by atoms with van der Waals surface area (Å²) in [5.74, 6) is 0. The van der Waals surface area contributed by atoms with Gasteiger partial charge in [0.25, 0.3) is 0 Å². The zero-order valence-electron chi connectivity index (χ0n) is 6.13. The van der Waals surface area contributed by atoms with Crippen LogP contribution in [0, 0.1) is 7.43 Å². The molecule has 0 aromatic rings. The molecule has 10 heavy (non-hydrogen) atoms. The van der Waals surface area contributed by atoms with Crippen LogP contribution in [0.5, 0.6) is 0 Å². The van der Waals surface area contributed by atoms with Gasteiger partial charge in [0.2, 0.25) is 7.28 Å². The van der Waals surface area contributed by atoms with Gasteiger partial charge in [-0.05, 0) is 19.8 Å². The van der Waals surface area contributed by atoms with E-state index in [0.717, 1.165) is 5.61 Å². The number of nitrogens with zero attached hydrogens (tertiary/aromatic N) is 2. The van der Waals surface area contributed by atoms with E-state index < -0.39 is 0 Å². The predicted molar refractivity (Wildman–Crippen MR) is 41.2 cm³/mol. The van der Waals surface area contributed by atoms with E-state index in [1.807, 2.05) is 21.5 Å². The van der Waals surface area contributed by atoms with Crippen LogP contribution in [0.25, 0.3) is 0 Å². The monoisotopic (exact) mass is 205 g/mol. The average Bonchev–Trinajstić information content (AvgIpc) is 1.51. The fourth-order valence-electron chi connectivity index (χ4n) is 0.916. The average molecular weight is 205 g/mol. The van der Waals surface area contributed by atoms with Crippen molar-refractivity contribution in [2.75, 3.05) is 0 Å². The Hall–Kier alpha value is 0.574. The quantitative estimate of drug-likeness (QED) is 0.386. The summed E-state index contributed by atoms with van der Waals surface area (Å²) >= 11 is 0. The van der Waals surface area contributed by atoms with E-state index in [9.17, 15) is 0 Å². The Morgan fingerprint density at radius 3 is 2.20 bits per heavy atom. The van der Waals surface area contributed by atoms with Crippen molar-refractivity contribution in [1.29, 1.82) is 0 Å². The number of hydrogen-bond donors (Lipinski definition) is 0. The minimum atomic E-state index is -0.232. The topological polar surface area (TPSA) is 24.7 Å². The van der Waals surface area contributed by atoms with Crippen LogP contribution in [-0.4, -0.2) is 31.7 Å². The van der Waals surface area contributed by atoms with Crippen molar-refractivity contribution in [3.05, 3.63) is 7.43 Å². The maximum absolute atomic E-state index is 4.14. The second kappa shape index (κ2) is 3.31. The van der Waals surface area contributed by atoms with Crippen molar-refractivity contribution >= 4 is 26.3 Å². The third-order valence-corrected chi connectivity index (χ3v) is 1.30. The summed E-state index contributed by atoms with van der Waals surface area (Å²) in [5.41, 5.74) is 0.843. The van der Waals surface area contributed by atoms with Crippen LogP contribution in [0.3, 0.4) is 0 Å². The van der Waals surface area contributed by atoms with Crippen molar-refractivity contribution in [1.82, 2.24) is 0 Å². The van der Waals surface area contributed by atoms with Gasteiger partial charge in [-0.2, -0.15) is 0 Å². The maximum atomic E-state index is 4.14. The fourth-order valence-corrected chi connectivity index (χ4v) is 0.916. The van der Waals surface area contributed by atoms with Crippen molar-refractivity contribution < 1.29 is 32.7 Å². The molecule has 0 amide bonds. The third kappa shape index (κ3) is 1.43. The Morgan fingerprint density at radius 2 is 2.10 bits per heavy atom. The Labute approximate surface area is 88.3 Å². The molecule has 1 unspecified atom stereocenters. The van der Waals surface area contributed by atoms with E-state index in [4.69, 9.17) is 0 Å². The molecule has 0 saturated heterocycles. The molecule has 0 aromatic carbocycles. The molecule has 3 radical (unpaired) electrons. The molecule has 0 fully saturated rings. The molecule has 5 heteroatoms. The largest absolute Gasteiger partial charge is 0.502 e. The fraction of sp³-hybridized carbons (Fsp3) is 0.400. The Bertz CT molecular complexity index is 192. The van der Waals surface area contributed by atoms with Gasteiger partial charge in [0.1, 0.15) is 0 Å². The SMILES string of the molecule is CC1=NC2([B][C-]=N2)[B]1.[CH3-].[Y]. The van der Waals surface area contributed by atoms with Gasteiger partial charge in [0.05, 0.1) is 0 Å². The summed E-state index contributed by atoms with van der Waals surface area (Å²) in [5, 5.41) is 0. The van der Waals surface area contributed by atoms with E-state index >= 15 is 0 Å². The van der Waals surface area contributed by atoms with Gasteiger partial charge >= 0.3 is 0 Å². The summed E-state index contributed by atoms with van der Waals surface area (Å²) in [4.78, 5) is 8.04. The first-order valence-corrected chi connectivity index (χ1v) is 2.55. The molecule has 47 valence electrons. The molecule has 1 atom stereocenters. The Morgan fingerprint density at radius 1 is 1.60 bits per heavy atom. The van der Waals surface area contributed by atoms with Gasteiger partial charge in [-0.25, -0.2) is 0 Å². The first-order valence-electron chi connectivity index (χ1n) is 2.55. The van der Waals surface area contributed by atoms with Crippen LogP contribution in [-0.2, 0) is 32.7 Å². The molecule has 2 aliphatic heterocycles. The molecule has 0 bridgehead atoms. The normalized spacial score (nSPS) is 31.1. The standard InChI is InChI=1S/C4H3B2N2.CH3.Y/c1-3-6-4(8-3)5-2-7-4;;/h1H3;1H3;/q2*-1;. The van der Waals surface area contributed by atoms with Gasteiger partial charge in [-0.3, -0.25) is 4.99 Å². The van der Waals surface area contributed by atoms with Crippen molar-refractivity contribution in [3.63, 3.8) is 0 Å². The predicted octanol–water partition coefficient (Wildman–Crippen LogP) is -0.195. The van der Waals surface area contributed by atoms with Crippen LogP contribution in [0.15, 0.2) is 9.98 Å². The van der Waals surface area contributed by atoms with E-state index in [1.165, 1.54) is 0 Å². The van der Waals surface area contributed by atoms with E-state index in [2.05, 4.69) is 16.1 Å². The van der Waals surface area contributed by atoms with Gasteiger partial charge in [-0.15, -0.1) is 0 Å².